The predicted molar refractivity (Wildman–Crippen MR) is 94.4 cm³/mol. The van der Waals surface area contributed by atoms with Crippen molar-refractivity contribution < 1.29 is 4.79 Å². The quantitative estimate of drug-likeness (QED) is 0.654. The van der Waals surface area contributed by atoms with Crippen molar-refractivity contribution in [3.8, 4) is 0 Å². The molecule has 0 bridgehead atoms. The Morgan fingerprint density at radius 3 is 2.62 bits per heavy atom. The molecule has 120 valence electrons. The maximum absolute atomic E-state index is 11.8. The second kappa shape index (κ2) is 10.1. The Bertz CT molecular complexity index is 453. The van der Waals surface area contributed by atoms with Crippen LogP contribution in [0.25, 0.3) is 0 Å². The van der Waals surface area contributed by atoms with E-state index in [0.717, 1.165) is 24.3 Å². The molecule has 2 rings (SSSR count). The lowest BCUT2D eigenvalue weighted by atomic mass is 10.2. The van der Waals surface area contributed by atoms with Crippen LogP contribution in [0.2, 0.25) is 5.02 Å². The standard InChI is InChI=1S/C14H20ClN3O.2ClH/c1-16-8-2-3-14(19)18-13-9-10(15)4-7-12(13)17-11-5-6-11;;/h4,7,9,11,16-17H,2-3,5-6,8H2,1H3,(H,18,19);2*1H. The van der Waals surface area contributed by atoms with Crippen LogP contribution >= 0.6 is 36.4 Å². The zero-order chi connectivity index (χ0) is 13.7. The van der Waals surface area contributed by atoms with Crippen molar-refractivity contribution in [2.45, 2.75) is 31.7 Å². The molecule has 0 saturated heterocycles. The summed E-state index contributed by atoms with van der Waals surface area (Å²) in [4.78, 5) is 11.8. The smallest absolute Gasteiger partial charge is 0.224 e. The lowest BCUT2D eigenvalue weighted by Crippen LogP contribution is -2.16. The molecule has 0 spiro atoms. The van der Waals surface area contributed by atoms with Crippen molar-refractivity contribution in [3.63, 3.8) is 0 Å². The second-order valence-electron chi connectivity index (χ2n) is 4.86. The maximum atomic E-state index is 11.8. The minimum absolute atomic E-state index is 0. The van der Waals surface area contributed by atoms with Crippen molar-refractivity contribution >= 4 is 53.7 Å². The molecule has 0 unspecified atom stereocenters. The molecule has 1 aliphatic carbocycles. The van der Waals surface area contributed by atoms with Gasteiger partial charge in [0.2, 0.25) is 5.91 Å². The molecule has 4 nitrogen and oxygen atoms in total. The molecule has 0 aliphatic heterocycles. The van der Waals surface area contributed by atoms with Crippen molar-refractivity contribution in [3.05, 3.63) is 23.2 Å². The van der Waals surface area contributed by atoms with E-state index in [9.17, 15) is 4.79 Å². The van der Waals surface area contributed by atoms with Crippen molar-refractivity contribution in [2.75, 3.05) is 24.2 Å². The third-order valence-electron chi connectivity index (χ3n) is 3.02. The van der Waals surface area contributed by atoms with Gasteiger partial charge in [0.05, 0.1) is 11.4 Å². The summed E-state index contributed by atoms with van der Waals surface area (Å²) in [6, 6.07) is 6.09. The summed E-state index contributed by atoms with van der Waals surface area (Å²) in [6.45, 7) is 0.843. The molecule has 7 heteroatoms. The fourth-order valence-corrected chi connectivity index (χ4v) is 2.00. The molecule has 0 aromatic heterocycles. The Morgan fingerprint density at radius 2 is 2.00 bits per heavy atom. The minimum Gasteiger partial charge on any atom is -0.381 e. The lowest BCUT2D eigenvalue weighted by Gasteiger charge is -2.13. The second-order valence-corrected chi connectivity index (χ2v) is 5.30. The third-order valence-corrected chi connectivity index (χ3v) is 3.26. The van der Waals surface area contributed by atoms with Crippen LogP contribution in [0.1, 0.15) is 25.7 Å². The molecule has 1 amide bonds. The molecule has 21 heavy (non-hydrogen) atoms. The van der Waals surface area contributed by atoms with Gasteiger partial charge in [-0.25, -0.2) is 0 Å². The largest absolute Gasteiger partial charge is 0.381 e. The predicted octanol–water partition coefficient (Wildman–Crippen LogP) is 3.70. The molecule has 0 atom stereocenters. The van der Waals surface area contributed by atoms with E-state index in [-0.39, 0.29) is 30.7 Å². The number of amides is 1. The maximum Gasteiger partial charge on any atom is 0.224 e. The Balaban J connectivity index is 0.00000200. The van der Waals surface area contributed by atoms with Gasteiger partial charge in [-0.15, -0.1) is 24.8 Å². The van der Waals surface area contributed by atoms with E-state index in [1.54, 1.807) is 6.07 Å². The van der Waals surface area contributed by atoms with Gasteiger partial charge in [-0.05, 0) is 51.1 Å². The van der Waals surface area contributed by atoms with Crippen LogP contribution in [0.4, 0.5) is 11.4 Å². The lowest BCUT2D eigenvalue weighted by molar-refractivity contribution is -0.116. The monoisotopic (exact) mass is 353 g/mol. The molecular weight excluding hydrogens is 333 g/mol. The Morgan fingerprint density at radius 1 is 1.29 bits per heavy atom. The van der Waals surface area contributed by atoms with Gasteiger partial charge >= 0.3 is 0 Å². The summed E-state index contributed by atoms with van der Waals surface area (Å²) in [6.07, 6.45) is 3.72. The summed E-state index contributed by atoms with van der Waals surface area (Å²) < 4.78 is 0. The van der Waals surface area contributed by atoms with Gasteiger partial charge in [0.1, 0.15) is 0 Å². The fraction of sp³-hybridized carbons (Fsp3) is 0.500. The SMILES string of the molecule is CNCCCC(=O)Nc1cc(Cl)ccc1NC1CC1.Cl.Cl. The molecule has 1 aliphatic rings. The molecule has 1 aromatic rings. The number of carbonyl (C=O) groups excluding carboxylic acids is 1. The number of anilines is 2. The first-order valence-corrected chi connectivity index (χ1v) is 7.07. The zero-order valence-electron chi connectivity index (χ0n) is 11.9. The highest BCUT2D eigenvalue weighted by Gasteiger charge is 2.22. The number of rotatable bonds is 7. The van der Waals surface area contributed by atoms with Gasteiger partial charge in [0.15, 0.2) is 0 Å². The van der Waals surface area contributed by atoms with E-state index in [1.807, 2.05) is 19.2 Å². The van der Waals surface area contributed by atoms with Crippen LogP contribution in [-0.2, 0) is 4.79 Å². The first-order chi connectivity index (χ1) is 9.19. The van der Waals surface area contributed by atoms with Gasteiger partial charge in [0.25, 0.3) is 0 Å². The Labute approximate surface area is 143 Å². The van der Waals surface area contributed by atoms with E-state index in [4.69, 9.17) is 11.6 Å². The minimum atomic E-state index is 0. The van der Waals surface area contributed by atoms with E-state index in [1.165, 1.54) is 12.8 Å². The summed E-state index contributed by atoms with van der Waals surface area (Å²) in [5, 5.41) is 9.99. The molecule has 0 heterocycles. The van der Waals surface area contributed by atoms with Gasteiger partial charge < -0.3 is 16.0 Å². The third kappa shape index (κ3) is 7.23. The van der Waals surface area contributed by atoms with E-state index >= 15 is 0 Å². The molecule has 3 N–H and O–H groups in total. The van der Waals surface area contributed by atoms with E-state index in [0.29, 0.717) is 17.5 Å². The topological polar surface area (TPSA) is 53.2 Å². The van der Waals surface area contributed by atoms with Crippen molar-refractivity contribution in [1.29, 1.82) is 0 Å². The average Bonchev–Trinajstić information content (AvgIpc) is 3.17. The number of hydrogen-bond donors (Lipinski definition) is 3. The number of hydrogen-bond acceptors (Lipinski definition) is 3. The summed E-state index contributed by atoms with van der Waals surface area (Å²) in [5.41, 5.74) is 1.72. The van der Waals surface area contributed by atoms with E-state index < -0.39 is 0 Å². The first-order valence-electron chi connectivity index (χ1n) is 6.69. The van der Waals surface area contributed by atoms with Crippen molar-refractivity contribution in [1.82, 2.24) is 5.32 Å². The molecule has 1 aromatic carbocycles. The van der Waals surface area contributed by atoms with Gasteiger partial charge in [-0.1, -0.05) is 11.6 Å². The summed E-state index contributed by atoms with van der Waals surface area (Å²) >= 11 is 5.99. The Hall–Kier alpha value is -0.680. The van der Waals surface area contributed by atoms with Gasteiger partial charge in [-0.2, -0.15) is 0 Å². The van der Waals surface area contributed by atoms with Gasteiger partial charge in [0, 0.05) is 17.5 Å². The highest BCUT2D eigenvalue weighted by molar-refractivity contribution is 6.31. The van der Waals surface area contributed by atoms with Crippen LogP contribution < -0.4 is 16.0 Å². The van der Waals surface area contributed by atoms with Crippen LogP contribution in [0, 0.1) is 0 Å². The van der Waals surface area contributed by atoms with E-state index in [2.05, 4.69) is 16.0 Å². The molecule has 1 fully saturated rings. The van der Waals surface area contributed by atoms with Crippen LogP contribution in [0.3, 0.4) is 0 Å². The first kappa shape index (κ1) is 20.3. The zero-order valence-corrected chi connectivity index (χ0v) is 14.3. The fourth-order valence-electron chi connectivity index (χ4n) is 1.83. The number of carbonyl (C=O) groups is 1. The van der Waals surface area contributed by atoms with Crippen LogP contribution in [0.15, 0.2) is 18.2 Å². The van der Waals surface area contributed by atoms with Crippen LogP contribution in [-0.4, -0.2) is 25.5 Å². The summed E-state index contributed by atoms with van der Waals surface area (Å²) in [7, 11) is 1.88. The van der Waals surface area contributed by atoms with Crippen molar-refractivity contribution in [2.24, 2.45) is 0 Å². The molecule has 1 saturated carbocycles. The number of nitrogens with one attached hydrogen (secondary N) is 3. The molecular formula is C14H22Cl3N3O. The average molecular weight is 355 g/mol. The highest BCUT2D eigenvalue weighted by atomic mass is 35.5. The number of benzene rings is 1. The van der Waals surface area contributed by atoms with Gasteiger partial charge in [-0.3, -0.25) is 4.79 Å². The molecule has 0 radical (unpaired) electrons. The number of halogens is 3. The Kier molecular flexibility index (Phi) is 9.79. The summed E-state index contributed by atoms with van der Waals surface area (Å²) in [5.74, 6) is 0.0244. The highest BCUT2D eigenvalue weighted by Crippen LogP contribution is 2.31. The van der Waals surface area contributed by atoms with Crippen LogP contribution in [0.5, 0.6) is 0 Å². The normalized spacial score (nSPS) is 12.9.